The fourth-order valence-corrected chi connectivity index (χ4v) is 3.85. The summed E-state index contributed by atoms with van der Waals surface area (Å²) in [4.78, 5) is -0.0109. The van der Waals surface area contributed by atoms with E-state index in [9.17, 15) is 12.8 Å². The van der Waals surface area contributed by atoms with Gasteiger partial charge in [0, 0.05) is 18.5 Å². The summed E-state index contributed by atoms with van der Waals surface area (Å²) >= 11 is 5.96. The van der Waals surface area contributed by atoms with E-state index in [4.69, 9.17) is 11.6 Å². The third-order valence-corrected chi connectivity index (χ3v) is 4.98. The molecule has 1 heterocycles. The average molecular weight is 278 g/mol. The summed E-state index contributed by atoms with van der Waals surface area (Å²) in [7, 11) is -3.61. The summed E-state index contributed by atoms with van der Waals surface area (Å²) in [5, 5.41) is -0.160. The fraction of sp³-hybridized carbons (Fsp3) is 0.455. The van der Waals surface area contributed by atoms with Crippen LogP contribution in [0.2, 0.25) is 0 Å². The van der Waals surface area contributed by atoms with Gasteiger partial charge in [-0.05, 0) is 31.0 Å². The SMILES string of the molecule is O=S(=O)(c1cccc(F)c1)N1CCCC(Cl)C1. The Morgan fingerprint density at radius 1 is 1.41 bits per heavy atom. The molecule has 0 aromatic heterocycles. The number of hydrogen-bond donors (Lipinski definition) is 0. The van der Waals surface area contributed by atoms with Crippen LogP contribution in [0, 0.1) is 5.82 Å². The van der Waals surface area contributed by atoms with E-state index in [1.165, 1.54) is 22.5 Å². The largest absolute Gasteiger partial charge is 0.243 e. The van der Waals surface area contributed by atoms with Gasteiger partial charge in [0.1, 0.15) is 5.82 Å². The molecule has 1 saturated heterocycles. The highest BCUT2D eigenvalue weighted by atomic mass is 35.5. The second kappa shape index (κ2) is 4.92. The Balaban J connectivity index is 2.29. The van der Waals surface area contributed by atoms with E-state index in [0.29, 0.717) is 13.1 Å². The fourth-order valence-electron chi connectivity index (χ4n) is 1.89. The minimum atomic E-state index is -3.61. The smallest absolute Gasteiger partial charge is 0.207 e. The Morgan fingerprint density at radius 3 is 2.82 bits per heavy atom. The van der Waals surface area contributed by atoms with Crippen molar-refractivity contribution < 1.29 is 12.8 Å². The van der Waals surface area contributed by atoms with Crippen LogP contribution in [0.4, 0.5) is 4.39 Å². The lowest BCUT2D eigenvalue weighted by molar-refractivity contribution is 0.350. The van der Waals surface area contributed by atoms with Crippen LogP contribution in [0.3, 0.4) is 0 Å². The zero-order valence-electron chi connectivity index (χ0n) is 9.14. The van der Waals surface area contributed by atoms with E-state index >= 15 is 0 Å². The van der Waals surface area contributed by atoms with Crippen LogP contribution >= 0.6 is 11.6 Å². The lowest BCUT2D eigenvalue weighted by Gasteiger charge is -2.28. The zero-order chi connectivity index (χ0) is 12.5. The number of halogens is 2. The predicted molar refractivity (Wildman–Crippen MR) is 64.0 cm³/mol. The molecule has 6 heteroatoms. The van der Waals surface area contributed by atoms with Gasteiger partial charge in [0.15, 0.2) is 0 Å². The molecule has 94 valence electrons. The van der Waals surface area contributed by atoms with Gasteiger partial charge in [-0.1, -0.05) is 6.07 Å². The van der Waals surface area contributed by atoms with Crippen LogP contribution in [-0.2, 0) is 10.0 Å². The van der Waals surface area contributed by atoms with Gasteiger partial charge in [-0.15, -0.1) is 11.6 Å². The highest BCUT2D eigenvalue weighted by Crippen LogP contribution is 2.23. The van der Waals surface area contributed by atoms with Crippen molar-refractivity contribution in [2.45, 2.75) is 23.1 Å². The molecule has 1 aromatic carbocycles. The van der Waals surface area contributed by atoms with Crippen molar-refractivity contribution in [3.63, 3.8) is 0 Å². The number of rotatable bonds is 2. The maximum Gasteiger partial charge on any atom is 0.243 e. The molecule has 0 amide bonds. The number of sulfonamides is 1. The average Bonchev–Trinajstić information content (AvgIpc) is 2.29. The number of benzene rings is 1. The second-order valence-electron chi connectivity index (χ2n) is 4.06. The molecule has 17 heavy (non-hydrogen) atoms. The molecule has 0 bridgehead atoms. The molecule has 0 radical (unpaired) electrons. The van der Waals surface area contributed by atoms with Crippen LogP contribution in [0.25, 0.3) is 0 Å². The van der Waals surface area contributed by atoms with Crippen LogP contribution in [0.1, 0.15) is 12.8 Å². The van der Waals surface area contributed by atoms with Crippen LogP contribution in [-0.4, -0.2) is 31.2 Å². The molecule has 1 aromatic rings. The van der Waals surface area contributed by atoms with E-state index in [1.807, 2.05) is 0 Å². The molecule has 0 spiro atoms. The minimum Gasteiger partial charge on any atom is -0.207 e. The normalized spacial score (nSPS) is 22.6. The maximum atomic E-state index is 13.0. The third kappa shape index (κ3) is 2.78. The Morgan fingerprint density at radius 2 is 2.18 bits per heavy atom. The number of hydrogen-bond acceptors (Lipinski definition) is 2. The highest BCUT2D eigenvalue weighted by molar-refractivity contribution is 7.89. The lowest BCUT2D eigenvalue weighted by Crippen LogP contribution is -2.40. The molecule has 2 rings (SSSR count). The first kappa shape index (κ1) is 12.8. The van der Waals surface area contributed by atoms with Crippen molar-refractivity contribution in [1.82, 2.24) is 4.31 Å². The van der Waals surface area contributed by atoms with E-state index < -0.39 is 15.8 Å². The van der Waals surface area contributed by atoms with E-state index in [-0.39, 0.29) is 10.3 Å². The summed E-state index contributed by atoms with van der Waals surface area (Å²) in [6, 6.07) is 5.05. The van der Waals surface area contributed by atoms with Gasteiger partial charge in [-0.25, -0.2) is 12.8 Å². The first-order chi connectivity index (χ1) is 8.00. The third-order valence-electron chi connectivity index (χ3n) is 2.76. The lowest BCUT2D eigenvalue weighted by atomic mass is 10.2. The zero-order valence-corrected chi connectivity index (χ0v) is 10.7. The van der Waals surface area contributed by atoms with E-state index in [1.54, 1.807) is 0 Å². The molecular formula is C11H13ClFNO2S. The van der Waals surface area contributed by atoms with Crippen molar-refractivity contribution in [2.24, 2.45) is 0 Å². The Kier molecular flexibility index (Phi) is 3.70. The molecule has 0 aliphatic carbocycles. The molecule has 1 aliphatic heterocycles. The highest BCUT2D eigenvalue weighted by Gasteiger charge is 2.29. The quantitative estimate of drug-likeness (QED) is 0.778. The van der Waals surface area contributed by atoms with Crippen molar-refractivity contribution in [3.8, 4) is 0 Å². The van der Waals surface area contributed by atoms with E-state index in [0.717, 1.165) is 18.9 Å². The van der Waals surface area contributed by atoms with Gasteiger partial charge in [0.05, 0.1) is 4.90 Å². The Labute approximate surface area is 105 Å². The standard InChI is InChI=1S/C11H13ClFNO2S/c12-9-3-2-6-14(8-9)17(15,16)11-5-1-4-10(13)7-11/h1,4-5,7,9H,2-3,6,8H2. The minimum absolute atomic E-state index is 0.0109. The van der Waals surface area contributed by atoms with Crippen LogP contribution in [0.5, 0.6) is 0 Å². The summed E-state index contributed by atoms with van der Waals surface area (Å²) in [5.74, 6) is -0.550. The molecule has 1 aliphatic rings. The first-order valence-corrected chi connectivity index (χ1v) is 7.27. The molecule has 1 fully saturated rings. The van der Waals surface area contributed by atoms with Crippen LogP contribution in [0.15, 0.2) is 29.2 Å². The van der Waals surface area contributed by atoms with Gasteiger partial charge >= 0.3 is 0 Å². The van der Waals surface area contributed by atoms with Gasteiger partial charge < -0.3 is 0 Å². The maximum absolute atomic E-state index is 13.0. The number of piperidine rings is 1. The van der Waals surface area contributed by atoms with Crippen molar-refractivity contribution in [1.29, 1.82) is 0 Å². The first-order valence-electron chi connectivity index (χ1n) is 5.40. The van der Waals surface area contributed by atoms with Gasteiger partial charge in [-0.2, -0.15) is 4.31 Å². The van der Waals surface area contributed by atoms with Crippen molar-refractivity contribution >= 4 is 21.6 Å². The van der Waals surface area contributed by atoms with E-state index in [2.05, 4.69) is 0 Å². The summed E-state index contributed by atoms with van der Waals surface area (Å²) in [5.41, 5.74) is 0. The Bertz CT molecular complexity index is 506. The predicted octanol–water partition coefficient (Wildman–Crippen LogP) is 2.22. The second-order valence-corrected chi connectivity index (χ2v) is 6.62. The molecule has 0 N–H and O–H groups in total. The summed E-state index contributed by atoms with van der Waals surface area (Å²) in [6.45, 7) is 0.739. The molecule has 1 unspecified atom stereocenters. The topological polar surface area (TPSA) is 37.4 Å². The summed E-state index contributed by atoms with van der Waals surface area (Å²) in [6.07, 6.45) is 1.55. The van der Waals surface area contributed by atoms with Crippen LogP contribution < -0.4 is 0 Å². The van der Waals surface area contributed by atoms with Gasteiger partial charge in [0.25, 0.3) is 0 Å². The van der Waals surface area contributed by atoms with Crippen molar-refractivity contribution in [2.75, 3.05) is 13.1 Å². The molecular weight excluding hydrogens is 265 g/mol. The summed E-state index contributed by atoms with van der Waals surface area (Å²) < 4.78 is 38.7. The van der Waals surface area contributed by atoms with Gasteiger partial charge in [0.2, 0.25) is 10.0 Å². The Hall–Kier alpha value is -0.650. The number of alkyl halides is 1. The molecule has 3 nitrogen and oxygen atoms in total. The van der Waals surface area contributed by atoms with Gasteiger partial charge in [-0.3, -0.25) is 0 Å². The number of nitrogens with zero attached hydrogens (tertiary/aromatic N) is 1. The van der Waals surface area contributed by atoms with Crippen molar-refractivity contribution in [3.05, 3.63) is 30.1 Å². The monoisotopic (exact) mass is 277 g/mol. The molecule has 0 saturated carbocycles. The molecule has 1 atom stereocenters.